The largest absolute Gasteiger partial charge is 0.478 e. The molecule has 6 heteroatoms. The molecule has 170 valence electrons. The van der Waals surface area contributed by atoms with Gasteiger partial charge in [-0.1, -0.05) is 69.7 Å². The van der Waals surface area contributed by atoms with Crippen molar-refractivity contribution in [1.29, 1.82) is 0 Å². The topological polar surface area (TPSA) is 64.2 Å². The summed E-state index contributed by atoms with van der Waals surface area (Å²) in [6, 6.07) is 14.3. The average Bonchev–Trinajstić information content (AvgIpc) is 3.00. The molecule has 0 radical (unpaired) electrons. The maximum Gasteiger partial charge on any atom is 0.336 e. The van der Waals surface area contributed by atoms with E-state index in [1.807, 2.05) is 31.2 Å². The van der Waals surface area contributed by atoms with Gasteiger partial charge in [0, 0.05) is 6.54 Å². The molecule has 0 spiro atoms. The van der Waals surface area contributed by atoms with Crippen LogP contribution < -0.4 is 5.69 Å². The summed E-state index contributed by atoms with van der Waals surface area (Å²) in [4.78, 5) is 24.5. The van der Waals surface area contributed by atoms with E-state index in [9.17, 15) is 14.7 Å². The number of hydrogen-bond acceptors (Lipinski definition) is 2. The first kappa shape index (κ1) is 23.5. The van der Waals surface area contributed by atoms with E-state index in [1.54, 1.807) is 28.8 Å². The van der Waals surface area contributed by atoms with Gasteiger partial charge in [0.25, 0.3) is 0 Å². The summed E-state index contributed by atoms with van der Waals surface area (Å²) < 4.78 is 17.9. The fourth-order valence-electron chi connectivity index (χ4n) is 3.83. The second kappa shape index (κ2) is 10.4. The van der Waals surface area contributed by atoms with Crippen LogP contribution in [0.3, 0.4) is 0 Å². The lowest BCUT2D eigenvalue weighted by Gasteiger charge is -2.10. The van der Waals surface area contributed by atoms with Crippen molar-refractivity contribution in [3.05, 3.63) is 81.8 Å². The molecule has 1 N–H and O–H groups in total. The fourth-order valence-corrected chi connectivity index (χ4v) is 3.83. The first-order chi connectivity index (χ1) is 15.3. The summed E-state index contributed by atoms with van der Waals surface area (Å²) in [7, 11) is 0. The Balaban J connectivity index is 1.92. The van der Waals surface area contributed by atoms with Crippen molar-refractivity contribution in [2.75, 3.05) is 0 Å². The number of carboxylic acid groups (broad SMARTS) is 1. The molecule has 0 aliphatic carbocycles. The van der Waals surface area contributed by atoms with E-state index < -0.39 is 11.9 Å². The number of rotatable bonds is 10. The highest BCUT2D eigenvalue weighted by molar-refractivity contribution is 5.95. The van der Waals surface area contributed by atoms with Crippen LogP contribution in [0.15, 0.2) is 53.3 Å². The van der Waals surface area contributed by atoms with Crippen molar-refractivity contribution in [3.8, 4) is 11.1 Å². The molecule has 0 bridgehead atoms. The molecule has 0 saturated carbocycles. The van der Waals surface area contributed by atoms with Crippen molar-refractivity contribution >= 4 is 5.97 Å². The van der Waals surface area contributed by atoms with E-state index in [1.165, 1.54) is 4.57 Å². The minimum Gasteiger partial charge on any atom is -0.478 e. The second-order valence-corrected chi connectivity index (χ2v) is 8.59. The molecule has 3 rings (SSSR count). The summed E-state index contributed by atoms with van der Waals surface area (Å²) in [6.07, 6.45) is 3.00. The Kier molecular flexibility index (Phi) is 7.67. The Labute approximate surface area is 188 Å². The number of benzene rings is 2. The van der Waals surface area contributed by atoms with Gasteiger partial charge in [0.15, 0.2) is 0 Å². The zero-order valence-corrected chi connectivity index (χ0v) is 19.0. The van der Waals surface area contributed by atoms with Crippen LogP contribution in [0.4, 0.5) is 4.39 Å². The minimum atomic E-state index is -0.977. The average molecular weight is 439 g/mol. The standard InChI is InChI=1S/C26H31FN2O3/c1-4-5-10-23-24(27)28(16-15-18(2)3)26(32)29(23)17-19-11-13-20(14-12-19)21-8-6-7-9-22(21)25(30)31/h6-9,11-14,18H,4-5,10,15-17H2,1-3H3,(H,30,31). The van der Waals surface area contributed by atoms with E-state index in [-0.39, 0.29) is 17.8 Å². The van der Waals surface area contributed by atoms with Gasteiger partial charge in [-0.2, -0.15) is 4.39 Å². The Bertz CT molecular complexity index is 1130. The molecule has 1 aromatic heterocycles. The van der Waals surface area contributed by atoms with Gasteiger partial charge in [0.1, 0.15) is 0 Å². The van der Waals surface area contributed by atoms with Gasteiger partial charge in [0.2, 0.25) is 5.95 Å². The molecule has 0 fully saturated rings. The van der Waals surface area contributed by atoms with Crippen LogP contribution in [0.5, 0.6) is 0 Å². The van der Waals surface area contributed by atoms with Gasteiger partial charge in [-0.25, -0.2) is 9.59 Å². The van der Waals surface area contributed by atoms with Crippen LogP contribution >= 0.6 is 0 Å². The maximum atomic E-state index is 15.1. The number of aromatic nitrogens is 2. The lowest BCUT2D eigenvalue weighted by Crippen LogP contribution is -2.26. The Morgan fingerprint density at radius 3 is 2.38 bits per heavy atom. The van der Waals surface area contributed by atoms with E-state index >= 15 is 4.39 Å². The predicted molar refractivity (Wildman–Crippen MR) is 125 cm³/mol. The van der Waals surface area contributed by atoms with E-state index in [0.717, 1.165) is 30.4 Å². The fraction of sp³-hybridized carbons (Fsp3) is 0.385. The van der Waals surface area contributed by atoms with E-state index in [4.69, 9.17) is 0 Å². The second-order valence-electron chi connectivity index (χ2n) is 8.59. The molecule has 32 heavy (non-hydrogen) atoms. The lowest BCUT2D eigenvalue weighted by atomic mass is 9.99. The zero-order chi connectivity index (χ0) is 23.3. The van der Waals surface area contributed by atoms with Crippen molar-refractivity contribution < 1.29 is 14.3 Å². The Hall–Kier alpha value is -3.15. The van der Waals surface area contributed by atoms with Gasteiger partial charge in [-0.15, -0.1) is 0 Å². The lowest BCUT2D eigenvalue weighted by molar-refractivity contribution is 0.0697. The quantitative estimate of drug-likeness (QED) is 0.449. The van der Waals surface area contributed by atoms with Gasteiger partial charge < -0.3 is 5.11 Å². The first-order valence-corrected chi connectivity index (χ1v) is 11.2. The molecule has 2 aromatic carbocycles. The van der Waals surface area contributed by atoms with Gasteiger partial charge in [-0.05, 0) is 47.9 Å². The normalized spacial score (nSPS) is 11.3. The molecule has 3 aromatic rings. The number of imidazole rings is 1. The van der Waals surface area contributed by atoms with Crippen molar-refractivity contribution in [2.24, 2.45) is 5.92 Å². The molecule has 0 aliphatic heterocycles. The number of hydrogen-bond donors (Lipinski definition) is 1. The van der Waals surface area contributed by atoms with Crippen LogP contribution in [-0.4, -0.2) is 20.2 Å². The summed E-state index contributed by atoms with van der Waals surface area (Å²) in [5.74, 6) is -1.02. The van der Waals surface area contributed by atoms with E-state index in [0.29, 0.717) is 30.1 Å². The van der Waals surface area contributed by atoms with Crippen LogP contribution in [0, 0.1) is 11.9 Å². The van der Waals surface area contributed by atoms with Crippen molar-refractivity contribution in [1.82, 2.24) is 9.13 Å². The highest BCUT2D eigenvalue weighted by Crippen LogP contribution is 2.24. The van der Waals surface area contributed by atoms with Gasteiger partial charge >= 0.3 is 11.7 Å². The molecule has 0 unspecified atom stereocenters. The number of nitrogens with zero attached hydrogens (tertiary/aromatic N) is 2. The first-order valence-electron chi connectivity index (χ1n) is 11.2. The maximum absolute atomic E-state index is 15.1. The predicted octanol–water partition coefficient (Wildman–Crippen LogP) is 5.59. The van der Waals surface area contributed by atoms with Crippen LogP contribution in [0.2, 0.25) is 0 Å². The molecule has 0 saturated heterocycles. The Morgan fingerprint density at radius 1 is 1.06 bits per heavy atom. The van der Waals surface area contributed by atoms with Crippen molar-refractivity contribution in [2.45, 2.75) is 59.5 Å². The SMILES string of the molecule is CCCCc1c(F)n(CCC(C)C)c(=O)n1Cc1ccc(-c2ccccc2C(=O)O)cc1. The number of carbonyl (C=O) groups is 1. The number of halogens is 1. The Morgan fingerprint density at radius 2 is 1.75 bits per heavy atom. The molecular weight excluding hydrogens is 407 g/mol. The zero-order valence-electron chi connectivity index (χ0n) is 19.0. The van der Waals surface area contributed by atoms with Crippen molar-refractivity contribution in [3.63, 3.8) is 0 Å². The van der Waals surface area contributed by atoms with Crippen LogP contribution in [-0.2, 0) is 19.5 Å². The summed E-state index contributed by atoms with van der Waals surface area (Å²) in [5.41, 5.74) is 2.67. The van der Waals surface area contributed by atoms with Crippen LogP contribution in [0.1, 0.15) is 61.6 Å². The number of aromatic carboxylic acids is 1. The molecule has 1 heterocycles. The molecule has 0 aliphatic rings. The highest BCUT2D eigenvalue weighted by atomic mass is 19.1. The molecule has 0 atom stereocenters. The van der Waals surface area contributed by atoms with Crippen LogP contribution in [0.25, 0.3) is 11.1 Å². The summed E-state index contributed by atoms with van der Waals surface area (Å²) in [5, 5.41) is 9.44. The summed E-state index contributed by atoms with van der Waals surface area (Å²) in [6.45, 7) is 6.82. The molecule has 5 nitrogen and oxygen atoms in total. The van der Waals surface area contributed by atoms with Gasteiger partial charge in [0.05, 0.1) is 17.8 Å². The molecular formula is C26H31FN2O3. The third kappa shape index (κ3) is 5.18. The summed E-state index contributed by atoms with van der Waals surface area (Å²) >= 11 is 0. The van der Waals surface area contributed by atoms with E-state index in [2.05, 4.69) is 13.8 Å². The minimum absolute atomic E-state index is 0.239. The number of carboxylic acids is 1. The van der Waals surface area contributed by atoms with Gasteiger partial charge in [-0.3, -0.25) is 9.13 Å². The highest BCUT2D eigenvalue weighted by Gasteiger charge is 2.20. The number of unbranched alkanes of at least 4 members (excludes halogenated alkanes) is 1. The monoisotopic (exact) mass is 438 g/mol. The third-order valence-electron chi connectivity index (χ3n) is 5.72. The molecule has 0 amide bonds. The smallest absolute Gasteiger partial charge is 0.336 e. The third-order valence-corrected chi connectivity index (χ3v) is 5.72.